The summed E-state index contributed by atoms with van der Waals surface area (Å²) in [5.74, 6) is -2.02. The Hall–Kier alpha value is -4.26. The standard InChI is InChI=1S/C29H32F4N8O/c1-18-7-8-20(13-25(18)41-17-24(36-37-41)22-16-34-39(4)19(22)2)28(42)35-21-14-23(29(31,32)33)27(30)26(15-21)38(3)11-12-40-9-5-6-10-40/h7-8,13-17H,5-6,9-12H2,1-4H3,(H,35,42). The summed E-state index contributed by atoms with van der Waals surface area (Å²) in [6, 6.07) is 6.72. The van der Waals surface area contributed by atoms with Gasteiger partial charge in [-0.1, -0.05) is 11.3 Å². The number of aromatic nitrogens is 5. The van der Waals surface area contributed by atoms with Crippen LogP contribution in [0.4, 0.5) is 28.9 Å². The molecule has 1 aliphatic heterocycles. The maximum Gasteiger partial charge on any atom is 0.419 e. The van der Waals surface area contributed by atoms with E-state index >= 15 is 4.39 Å². The van der Waals surface area contributed by atoms with E-state index in [-0.39, 0.29) is 16.9 Å². The highest BCUT2D eigenvalue weighted by atomic mass is 19.4. The summed E-state index contributed by atoms with van der Waals surface area (Å²) in [6.07, 6.45) is 0.607. The number of alkyl halides is 3. The van der Waals surface area contributed by atoms with Crippen LogP contribution in [-0.4, -0.2) is 68.8 Å². The van der Waals surface area contributed by atoms with Crippen molar-refractivity contribution in [2.45, 2.75) is 32.9 Å². The predicted octanol–water partition coefficient (Wildman–Crippen LogP) is 5.23. The molecule has 0 unspecified atom stereocenters. The Morgan fingerprint density at radius 2 is 1.86 bits per heavy atom. The molecule has 1 fully saturated rings. The number of hydrogen-bond acceptors (Lipinski definition) is 6. The number of carbonyl (C=O) groups is 1. The topological polar surface area (TPSA) is 84.1 Å². The summed E-state index contributed by atoms with van der Waals surface area (Å²) >= 11 is 0. The molecule has 0 bridgehead atoms. The van der Waals surface area contributed by atoms with Gasteiger partial charge in [0, 0.05) is 49.7 Å². The lowest BCUT2D eigenvalue weighted by Gasteiger charge is -2.25. The zero-order valence-corrected chi connectivity index (χ0v) is 23.8. The largest absolute Gasteiger partial charge is 0.419 e. The molecule has 4 aromatic rings. The number of likely N-dealkylation sites (N-methyl/N-ethyl adjacent to an activating group) is 1. The third kappa shape index (κ3) is 6.01. The molecule has 0 spiro atoms. The Kier molecular flexibility index (Phi) is 8.04. The van der Waals surface area contributed by atoms with Crippen molar-refractivity contribution in [1.82, 2.24) is 29.7 Å². The van der Waals surface area contributed by atoms with Crippen molar-refractivity contribution in [1.29, 1.82) is 0 Å². The van der Waals surface area contributed by atoms with Gasteiger partial charge in [0.1, 0.15) is 5.69 Å². The van der Waals surface area contributed by atoms with E-state index in [4.69, 9.17) is 0 Å². The number of carbonyl (C=O) groups excluding carboxylic acids is 1. The van der Waals surface area contributed by atoms with Crippen molar-refractivity contribution in [2.24, 2.45) is 7.05 Å². The molecular weight excluding hydrogens is 552 g/mol. The van der Waals surface area contributed by atoms with Crippen LogP contribution < -0.4 is 10.2 Å². The molecule has 1 N–H and O–H groups in total. The minimum Gasteiger partial charge on any atom is -0.371 e. The first-order valence-corrected chi connectivity index (χ1v) is 13.6. The maximum atomic E-state index is 15.1. The summed E-state index contributed by atoms with van der Waals surface area (Å²) in [6.45, 7) is 6.52. The second kappa shape index (κ2) is 11.6. The van der Waals surface area contributed by atoms with E-state index in [0.29, 0.717) is 30.5 Å². The third-order valence-electron chi connectivity index (χ3n) is 7.70. The van der Waals surface area contributed by atoms with Gasteiger partial charge in [-0.25, -0.2) is 9.07 Å². The van der Waals surface area contributed by atoms with Crippen molar-refractivity contribution < 1.29 is 22.4 Å². The SMILES string of the molecule is Cc1ccc(C(=O)Nc2cc(N(C)CCN3CCCC3)c(F)c(C(F)(F)F)c2)cc1-n1cc(-c2cnn(C)c2C)nn1. The van der Waals surface area contributed by atoms with Crippen LogP contribution in [0.3, 0.4) is 0 Å². The van der Waals surface area contributed by atoms with Crippen LogP contribution in [0.2, 0.25) is 0 Å². The lowest BCUT2D eigenvalue weighted by Crippen LogP contribution is -2.32. The molecule has 2 aromatic heterocycles. The highest BCUT2D eigenvalue weighted by molar-refractivity contribution is 6.05. The van der Waals surface area contributed by atoms with Gasteiger partial charge in [0.25, 0.3) is 5.91 Å². The zero-order valence-electron chi connectivity index (χ0n) is 23.8. The van der Waals surface area contributed by atoms with Gasteiger partial charge in [-0.3, -0.25) is 9.48 Å². The zero-order chi connectivity index (χ0) is 30.2. The van der Waals surface area contributed by atoms with E-state index in [1.165, 1.54) is 15.6 Å². The number of benzene rings is 2. The van der Waals surface area contributed by atoms with Crippen LogP contribution in [-0.2, 0) is 13.2 Å². The molecule has 5 rings (SSSR count). The number of anilines is 2. The lowest BCUT2D eigenvalue weighted by molar-refractivity contribution is -0.139. The second-order valence-electron chi connectivity index (χ2n) is 10.6. The van der Waals surface area contributed by atoms with E-state index in [9.17, 15) is 18.0 Å². The Labute approximate surface area is 240 Å². The maximum absolute atomic E-state index is 15.1. The number of nitrogens with one attached hydrogen (secondary N) is 1. The summed E-state index contributed by atoms with van der Waals surface area (Å²) in [4.78, 5) is 16.9. The number of amides is 1. The van der Waals surface area contributed by atoms with Gasteiger partial charge >= 0.3 is 6.18 Å². The van der Waals surface area contributed by atoms with E-state index in [1.807, 2.05) is 20.9 Å². The molecule has 1 saturated heterocycles. The second-order valence-corrected chi connectivity index (χ2v) is 10.6. The quantitative estimate of drug-likeness (QED) is 0.286. The normalized spacial score (nSPS) is 14.0. The molecule has 42 heavy (non-hydrogen) atoms. The molecule has 9 nitrogen and oxygen atoms in total. The first-order valence-electron chi connectivity index (χ1n) is 13.6. The van der Waals surface area contributed by atoms with Crippen molar-refractivity contribution in [3.05, 3.63) is 70.9 Å². The van der Waals surface area contributed by atoms with E-state index in [2.05, 4.69) is 25.6 Å². The smallest absolute Gasteiger partial charge is 0.371 e. The summed E-state index contributed by atoms with van der Waals surface area (Å²) in [5, 5.41) is 15.2. The minimum atomic E-state index is -4.94. The fourth-order valence-corrected chi connectivity index (χ4v) is 5.04. The van der Waals surface area contributed by atoms with Crippen LogP contribution in [0.25, 0.3) is 16.9 Å². The third-order valence-corrected chi connectivity index (χ3v) is 7.70. The molecule has 222 valence electrons. The lowest BCUT2D eigenvalue weighted by atomic mass is 10.1. The van der Waals surface area contributed by atoms with Crippen LogP contribution >= 0.6 is 0 Å². The van der Waals surface area contributed by atoms with Gasteiger partial charge in [-0.05, 0) is 69.6 Å². The summed E-state index contributed by atoms with van der Waals surface area (Å²) in [5.41, 5.74) is 2.05. The number of aryl methyl sites for hydroxylation is 2. The fourth-order valence-electron chi connectivity index (χ4n) is 5.04. The van der Waals surface area contributed by atoms with Crippen LogP contribution in [0.5, 0.6) is 0 Å². The van der Waals surface area contributed by atoms with E-state index in [0.717, 1.165) is 42.8 Å². The average Bonchev–Trinajstić information content (AvgIpc) is 3.70. The fraction of sp³-hybridized carbons (Fsp3) is 0.379. The van der Waals surface area contributed by atoms with Crippen LogP contribution in [0, 0.1) is 19.7 Å². The molecule has 0 aliphatic carbocycles. The minimum absolute atomic E-state index is 0.158. The number of likely N-dealkylation sites (tertiary alicyclic amines) is 1. The molecule has 0 saturated carbocycles. The monoisotopic (exact) mass is 584 g/mol. The van der Waals surface area contributed by atoms with Gasteiger partial charge in [-0.2, -0.15) is 18.3 Å². The van der Waals surface area contributed by atoms with E-state index < -0.39 is 23.5 Å². The molecule has 2 aromatic carbocycles. The molecule has 13 heteroatoms. The van der Waals surface area contributed by atoms with Gasteiger partial charge in [-0.15, -0.1) is 5.10 Å². The molecule has 1 amide bonds. The molecule has 1 aliphatic rings. The Morgan fingerprint density at radius 1 is 1.12 bits per heavy atom. The van der Waals surface area contributed by atoms with Crippen molar-refractivity contribution >= 4 is 17.3 Å². The van der Waals surface area contributed by atoms with Gasteiger partial charge < -0.3 is 15.1 Å². The molecule has 0 atom stereocenters. The molecular formula is C29H32F4N8O. The van der Waals surface area contributed by atoms with Crippen molar-refractivity contribution in [3.8, 4) is 16.9 Å². The number of rotatable bonds is 8. The van der Waals surface area contributed by atoms with Gasteiger partial charge in [0.05, 0.1) is 29.3 Å². The van der Waals surface area contributed by atoms with Crippen LogP contribution in [0.15, 0.2) is 42.7 Å². The molecule has 0 radical (unpaired) electrons. The number of nitrogens with zero attached hydrogens (tertiary/aromatic N) is 7. The Balaban J connectivity index is 1.40. The highest BCUT2D eigenvalue weighted by Crippen LogP contribution is 2.38. The number of hydrogen-bond donors (Lipinski definition) is 1. The van der Waals surface area contributed by atoms with E-state index in [1.54, 1.807) is 42.3 Å². The Bertz CT molecular complexity index is 1600. The predicted molar refractivity (Wildman–Crippen MR) is 151 cm³/mol. The highest BCUT2D eigenvalue weighted by Gasteiger charge is 2.36. The summed E-state index contributed by atoms with van der Waals surface area (Å²) < 4.78 is 59.7. The average molecular weight is 585 g/mol. The molecule has 3 heterocycles. The van der Waals surface area contributed by atoms with Crippen LogP contribution in [0.1, 0.15) is 40.0 Å². The summed E-state index contributed by atoms with van der Waals surface area (Å²) in [7, 11) is 3.37. The van der Waals surface area contributed by atoms with Gasteiger partial charge in [0.2, 0.25) is 0 Å². The van der Waals surface area contributed by atoms with Crippen molar-refractivity contribution in [3.63, 3.8) is 0 Å². The Morgan fingerprint density at radius 3 is 2.52 bits per heavy atom. The van der Waals surface area contributed by atoms with Crippen molar-refractivity contribution in [2.75, 3.05) is 43.4 Å². The first kappa shape index (κ1) is 29.2. The van der Waals surface area contributed by atoms with Gasteiger partial charge in [0.15, 0.2) is 5.82 Å². The first-order chi connectivity index (χ1) is 19.9. The number of halogens is 4.